The first-order valence-corrected chi connectivity index (χ1v) is 8.23. The number of hydrogen-bond acceptors (Lipinski definition) is 3. The maximum atomic E-state index is 3.78. The van der Waals surface area contributed by atoms with Crippen LogP contribution in [0.1, 0.15) is 45.0 Å². The van der Waals surface area contributed by atoms with Gasteiger partial charge in [0.2, 0.25) is 0 Å². The number of hydrogen-bond donors (Lipinski definition) is 1. The summed E-state index contributed by atoms with van der Waals surface area (Å²) in [6, 6.07) is 5.49. The van der Waals surface area contributed by atoms with Crippen molar-refractivity contribution in [2.45, 2.75) is 46.2 Å². The van der Waals surface area contributed by atoms with Gasteiger partial charge in [0.05, 0.1) is 0 Å². The Morgan fingerprint density at radius 1 is 1.21 bits per heavy atom. The molecule has 3 heteroatoms. The monoisotopic (exact) mass is 282 g/mol. The standard InChI is InChI=1S/C16H30N2S/c1-12(2)10-14(18(5)6)11-17-16(13(3)4)15-8-7-9-19-15/h7-9,12-14,16-17H,10-11H2,1-6H3. The predicted molar refractivity (Wildman–Crippen MR) is 86.8 cm³/mol. The highest BCUT2D eigenvalue weighted by atomic mass is 32.1. The quantitative estimate of drug-likeness (QED) is 0.775. The van der Waals surface area contributed by atoms with Crippen LogP contribution < -0.4 is 5.32 Å². The molecule has 0 saturated carbocycles. The molecule has 2 atom stereocenters. The Kier molecular flexibility index (Phi) is 7.05. The van der Waals surface area contributed by atoms with E-state index in [2.05, 4.69) is 69.5 Å². The summed E-state index contributed by atoms with van der Waals surface area (Å²) < 4.78 is 0. The van der Waals surface area contributed by atoms with E-state index in [0.717, 1.165) is 12.5 Å². The van der Waals surface area contributed by atoms with E-state index in [4.69, 9.17) is 0 Å². The van der Waals surface area contributed by atoms with Crippen LogP contribution in [0.15, 0.2) is 17.5 Å². The Morgan fingerprint density at radius 2 is 1.89 bits per heavy atom. The maximum absolute atomic E-state index is 3.78. The van der Waals surface area contributed by atoms with Crippen LogP contribution in [0, 0.1) is 11.8 Å². The van der Waals surface area contributed by atoms with Crippen LogP contribution >= 0.6 is 11.3 Å². The fraction of sp³-hybridized carbons (Fsp3) is 0.750. The average molecular weight is 282 g/mol. The lowest BCUT2D eigenvalue weighted by atomic mass is 10.00. The Balaban J connectivity index is 2.59. The summed E-state index contributed by atoms with van der Waals surface area (Å²) in [6.07, 6.45) is 1.25. The zero-order valence-electron chi connectivity index (χ0n) is 13.3. The third-order valence-corrected chi connectivity index (χ3v) is 4.52. The van der Waals surface area contributed by atoms with Gasteiger partial charge in [0, 0.05) is 23.5 Å². The molecule has 0 fully saturated rings. The van der Waals surface area contributed by atoms with Crippen LogP contribution in [0.3, 0.4) is 0 Å². The molecule has 0 bridgehead atoms. The molecule has 110 valence electrons. The molecule has 0 aromatic carbocycles. The van der Waals surface area contributed by atoms with Gasteiger partial charge in [-0.05, 0) is 43.8 Å². The molecular formula is C16H30N2S. The molecule has 0 amide bonds. The largest absolute Gasteiger partial charge is 0.307 e. The van der Waals surface area contributed by atoms with Crippen molar-refractivity contribution in [1.82, 2.24) is 10.2 Å². The van der Waals surface area contributed by atoms with E-state index < -0.39 is 0 Å². The van der Waals surface area contributed by atoms with Gasteiger partial charge in [0.1, 0.15) is 0 Å². The molecule has 1 rings (SSSR count). The normalized spacial score (nSPS) is 15.4. The van der Waals surface area contributed by atoms with Crippen LogP contribution in [0.4, 0.5) is 0 Å². The van der Waals surface area contributed by atoms with E-state index >= 15 is 0 Å². The topological polar surface area (TPSA) is 15.3 Å². The second-order valence-electron chi connectivity index (χ2n) is 6.39. The highest BCUT2D eigenvalue weighted by molar-refractivity contribution is 7.10. The lowest BCUT2D eigenvalue weighted by Gasteiger charge is -2.30. The van der Waals surface area contributed by atoms with Crippen molar-refractivity contribution in [2.24, 2.45) is 11.8 Å². The van der Waals surface area contributed by atoms with Crippen LogP contribution in [0.25, 0.3) is 0 Å². The van der Waals surface area contributed by atoms with E-state index in [1.54, 1.807) is 0 Å². The first kappa shape index (κ1) is 16.7. The number of rotatable bonds is 8. The zero-order valence-corrected chi connectivity index (χ0v) is 14.1. The first-order chi connectivity index (χ1) is 8.91. The molecule has 0 spiro atoms. The van der Waals surface area contributed by atoms with Gasteiger partial charge in [-0.25, -0.2) is 0 Å². The maximum Gasteiger partial charge on any atom is 0.0438 e. The van der Waals surface area contributed by atoms with E-state index in [0.29, 0.717) is 18.0 Å². The minimum Gasteiger partial charge on any atom is -0.307 e. The Labute approximate surface area is 123 Å². The summed E-state index contributed by atoms with van der Waals surface area (Å²) in [7, 11) is 4.37. The number of thiophene rings is 1. The lowest BCUT2D eigenvalue weighted by Crippen LogP contribution is -2.41. The molecule has 0 saturated heterocycles. The van der Waals surface area contributed by atoms with Gasteiger partial charge < -0.3 is 10.2 Å². The minimum atomic E-state index is 0.481. The molecule has 0 aliphatic rings. The summed E-state index contributed by atoms with van der Waals surface area (Å²) in [5, 5.41) is 5.95. The van der Waals surface area contributed by atoms with E-state index in [-0.39, 0.29) is 0 Å². The Hall–Kier alpha value is -0.380. The smallest absolute Gasteiger partial charge is 0.0438 e. The number of nitrogens with zero attached hydrogens (tertiary/aromatic N) is 1. The average Bonchev–Trinajstić information content (AvgIpc) is 2.80. The van der Waals surface area contributed by atoms with Crippen molar-refractivity contribution in [3.63, 3.8) is 0 Å². The van der Waals surface area contributed by atoms with Crippen molar-refractivity contribution in [1.29, 1.82) is 0 Å². The molecule has 2 unspecified atom stereocenters. The fourth-order valence-electron chi connectivity index (χ4n) is 2.42. The molecule has 2 nitrogen and oxygen atoms in total. The third kappa shape index (κ3) is 5.64. The number of nitrogens with one attached hydrogen (secondary N) is 1. The predicted octanol–water partition coefficient (Wildman–Crippen LogP) is 4.01. The van der Waals surface area contributed by atoms with Crippen LogP contribution in [0.2, 0.25) is 0 Å². The van der Waals surface area contributed by atoms with Gasteiger partial charge in [-0.15, -0.1) is 11.3 Å². The van der Waals surface area contributed by atoms with Crippen LogP contribution in [-0.4, -0.2) is 31.6 Å². The van der Waals surface area contributed by atoms with E-state index in [9.17, 15) is 0 Å². The summed E-state index contributed by atoms with van der Waals surface area (Å²) in [5.41, 5.74) is 0. The molecule has 0 radical (unpaired) electrons. The molecule has 0 aliphatic carbocycles. The summed E-state index contributed by atoms with van der Waals surface area (Å²) in [5.74, 6) is 1.37. The SMILES string of the molecule is CC(C)CC(CNC(c1cccs1)C(C)C)N(C)C. The van der Waals surface area contributed by atoms with Crippen molar-refractivity contribution in [3.05, 3.63) is 22.4 Å². The fourth-order valence-corrected chi connectivity index (χ4v) is 3.39. The molecule has 1 heterocycles. The second-order valence-corrected chi connectivity index (χ2v) is 7.37. The molecule has 1 N–H and O–H groups in total. The summed E-state index contributed by atoms with van der Waals surface area (Å²) in [4.78, 5) is 3.80. The molecule has 19 heavy (non-hydrogen) atoms. The van der Waals surface area contributed by atoms with Crippen molar-refractivity contribution < 1.29 is 0 Å². The minimum absolute atomic E-state index is 0.481. The van der Waals surface area contributed by atoms with E-state index in [1.807, 2.05) is 11.3 Å². The van der Waals surface area contributed by atoms with Gasteiger partial charge in [0.25, 0.3) is 0 Å². The molecular weight excluding hydrogens is 252 g/mol. The number of likely N-dealkylation sites (N-methyl/N-ethyl adjacent to an activating group) is 1. The molecule has 0 aliphatic heterocycles. The molecule has 1 aromatic heterocycles. The summed E-state index contributed by atoms with van der Waals surface area (Å²) >= 11 is 1.86. The molecule has 1 aromatic rings. The van der Waals surface area contributed by atoms with Gasteiger partial charge in [0.15, 0.2) is 0 Å². The lowest BCUT2D eigenvalue weighted by molar-refractivity contribution is 0.234. The van der Waals surface area contributed by atoms with Gasteiger partial charge in [-0.2, -0.15) is 0 Å². The Morgan fingerprint density at radius 3 is 2.32 bits per heavy atom. The highest BCUT2D eigenvalue weighted by Gasteiger charge is 2.19. The van der Waals surface area contributed by atoms with Crippen LogP contribution in [-0.2, 0) is 0 Å². The third-order valence-electron chi connectivity index (χ3n) is 3.56. The van der Waals surface area contributed by atoms with Gasteiger partial charge in [-0.1, -0.05) is 33.8 Å². The Bertz CT molecular complexity index is 331. The van der Waals surface area contributed by atoms with Crippen molar-refractivity contribution in [3.8, 4) is 0 Å². The van der Waals surface area contributed by atoms with Gasteiger partial charge in [-0.3, -0.25) is 0 Å². The van der Waals surface area contributed by atoms with Crippen molar-refractivity contribution >= 4 is 11.3 Å². The van der Waals surface area contributed by atoms with Crippen LogP contribution in [0.5, 0.6) is 0 Å². The van der Waals surface area contributed by atoms with Gasteiger partial charge >= 0.3 is 0 Å². The van der Waals surface area contributed by atoms with E-state index in [1.165, 1.54) is 11.3 Å². The second kappa shape index (κ2) is 8.03. The zero-order chi connectivity index (χ0) is 14.4. The first-order valence-electron chi connectivity index (χ1n) is 7.35. The highest BCUT2D eigenvalue weighted by Crippen LogP contribution is 2.26. The summed E-state index contributed by atoms with van der Waals surface area (Å²) in [6.45, 7) is 10.3. The van der Waals surface area contributed by atoms with Crippen molar-refractivity contribution in [2.75, 3.05) is 20.6 Å².